The summed E-state index contributed by atoms with van der Waals surface area (Å²) in [6, 6.07) is 11.3. The SMILES string of the molecule is Cc1cc(Cl)cc(C)c1Oc1ccc2ncccc2c1N. The number of benzene rings is 2. The maximum Gasteiger partial charge on any atom is 0.151 e. The molecular formula is C17H15ClN2O. The van der Waals surface area contributed by atoms with Crippen LogP contribution in [0.15, 0.2) is 42.6 Å². The maximum absolute atomic E-state index is 6.21. The zero-order valence-electron chi connectivity index (χ0n) is 11.9. The van der Waals surface area contributed by atoms with Crippen LogP contribution < -0.4 is 10.5 Å². The Morgan fingerprint density at radius 1 is 1.10 bits per heavy atom. The molecule has 0 aliphatic rings. The number of aryl methyl sites for hydroxylation is 2. The van der Waals surface area contributed by atoms with Crippen LogP contribution in [0.2, 0.25) is 5.02 Å². The van der Waals surface area contributed by atoms with Crippen LogP contribution in [0.1, 0.15) is 11.1 Å². The molecule has 0 atom stereocenters. The molecule has 2 aromatic carbocycles. The van der Waals surface area contributed by atoms with Gasteiger partial charge in [-0.2, -0.15) is 0 Å². The van der Waals surface area contributed by atoms with Crippen molar-refractivity contribution in [2.75, 3.05) is 5.73 Å². The van der Waals surface area contributed by atoms with E-state index < -0.39 is 0 Å². The van der Waals surface area contributed by atoms with Gasteiger partial charge in [0.2, 0.25) is 0 Å². The molecule has 0 aliphatic heterocycles. The van der Waals surface area contributed by atoms with Crippen LogP contribution in [0, 0.1) is 13.8 Å². The molecule has 0 spiro atoms. The Balaban J connectivity index is 2.09. The smallest absolute Gasteiger partial charge is 0.151 e. The first-order valence-electron chi connectivity index (χ1n) is 6.64. The molecule has 0 amide bonds. The molecule has 1 aromatic heterocycles. The number of hydrogen-bond donors (Lipinski definition) is 1. The van der Waals surface area contributed by atoms with E-state index in [0.717, 1.165) is 27.8 Å². The quantitative estimate of drug-likeness (QED) is 0.686. The Bertz CT molecular complexity index is 807. The van der Waals surface area contributed by atoms with Gasteiger partial charge in [0, 0.05) is 16.6 Å². The molecule has 0 radical (unpaired) electrons. The minimum atomic E-state index is 0.592. The summed E-state index contributed by atoms with van der Waals surface area (Å²) in [5.74, 6) is 1.42. The normalized spacial score (nSPS) is 10.8. The predicted molar refractivity (Wildman–Crippen MR) is 87.2 cm³/mol. The summed E-state index contributed by atoms with van der Waals surface area (Å²) in [4.78, 5) is 4.28. The number of halogens is 1. The molecule has 1 heterocycles. The highest BCUT2D eigenvalue weighted by Gasteiger charge is 2.11. The van der Waals surface area contributed by atoms with Crippen LogP contribution in [0.4, 0.5) is 5.69 Å². The second kappa shape index (κ2) is 5.26. The van der Waals surface area contributed by atoms with Gasteiger partial charge in [-0.15, -0.1) is 0 Å². The molecule has 106 valence electrons. The zero-order valence-corrected chi connectivity index (χ0v) is 12.6. The highest BCUT2D eigenvalue weighted by atomic mass is 35.5. The lowest BCUT2D eigenvalue weighted by Crippen LogP contribution is -1.97. The summed E-state index contributed by atoms with van der Waals surface area (Å²) < 4.78 is 6.02. The van der Waals surface area contributed by atoms with Gasteiger partial charge in [0.05, 0.1) is 11.2 Å². The maximum atomic E-state index is 6.21. The van der Waals surface area contributed by atoms with Gasteiger partial charge in [0.15, 0.2) is 5.75 Å². The van der Waals surface area contributed by atoms with Gasteiger partial charge in [-0.25, -0.2) is 0 Å². The minimum absolute atomic E-state index is 0.592. The van der Waals surface area contributed by atoms with E-state index in [4.69, 9.17) is 22.1 Å². The lowest BCUT2D eigenvalue weighted by Gasteiger charge is -2.14. The molecule has 4 heteroatoms. The molecule has 0 saturated carbocycles. The number of pyridine rings is 1. The molecule has 0 bridgehead atoms. The van der Waals surface area contributed by atoms with Crippen molar-refractivity contribution in [1.29, 1.82) is 0 Å². The van der Waals surface area contributed by atoms with E-state index in [0.29, 0.717) is 16.5 Å². The largest absolute Gasteiger partial charge is 0.455 e. The molecular weight excluding hydrogens is 284 g/mol. The summed E-state index contributed by atoms with van der Waals surface area (Å²) >= 11 is 6.05. The molecule has 3 nitrogen and oxygen atoms in total. The van der Waals surface area contributed by atoms with Gasteiger partial charge >= 0.3 is 0 Å². The van der Waals surface area contributed by atoms with Crippen LogP contribution in [-0.4, -0.2) is 4.98 Å². The van der Waals surface area contributed by atoms with E-state index in [1.165, 1.54) is 0 Å². The molecule has 0 fully saturated rings. The Labute approximate surface area is 128 Å². The number of nitrogens with two attached hydrogens (primary N) is 1. The van der Waals surface area contributed by atoms with Crippen molar-refractivity contribution >= 4 is 28.2 Å². The fraction of sp³-hybridized carbons (Fsp3) is 0.118. The van der Waals surface area contributed by atoms with Gasteiger partial charge in [0.1, 0.15) is 5.75 Å². The first-order valence-corrected chi connectivity index (χ1v) is 7.02. The third-order valence-corrected chi connectivity index (χ3v) is 3.64. The number of fused-ring (bicyclic) bond motifs is 1. The highest BCUT2D eigenvalue weighted by molar-refractivity contribution is 6.30. The van der Waals surface area contributed by atoms with Crippen molar-refractivity contribution in [3.05, 3.63) is 58.7 Å². The third-order valence-electron chi connectivity index (χ3n) is 3.42. The molecule has 3 rings (SSSR count). The van der Waals surface area contributed by atoms with Gasteiger partial charge in [-0.3, -0.25) is 4.98 Å². The first-order chi connectivity index (χ1) is 10.1. The van der Waals surface area contributed by atoms with Crippen molar-refractivity contribution in [3.8, 4) is 11.5 Å². The van der Waals surface area contributed by atoms with Gasteiger partial charge in [-0.1, -0.05) is 11.6 Å². The zero-order chi connectivity index (χ0) is 15.0. The summed E-state index contributed by atoms with van der Waals surface area (Å²) in [6.45, 7) is 3.93. The van der Waals surface area contributed by atoms with Crippen molar-refractivity contribution in [2.24, 2.45) is 0 Å². The number of ether oxygens (including phenoxy) is 1. The molecule has 0 unspecified atom stereocenters. The number of anilines is 1. The molecule has 0 aliphatic carbocycles. The predicted octanol–water partition coefficient (Wildman–Crippen LogP) is 4.88. The number of rotatable bonds is 2. The van der Waals surface area contributed by atoms with Gasteiger partial charge in [-0.05, 0) is 61.4 Å². The van der Waals surface area contributed by atoms with Crippen molar-refractivity contribution in [3.63, 3.8) is 0 Å². The van der Waals surface area contributed by atoms with Crippen LogP contribution in [-0.2, 0) is 0 Å². The number of nitrogens with zero attached hydrogens (tertiary/aromatic N) is 1. The van der Waals surface area contributed by atoms with E-state index in [1.54, 1.807) is 6.20 Å². The van der Waals surface area contributed by atoms with E-state index in [1.807, 2.05) is 50.2 Å². The molecule has 3 aromatic rings. The van der Waals surface area contributed by atoms with Crippen molar-refractivity contribution in [2.45, 2.75) is 13.8 Å². The van der Waals surface area contributed by atoms with Crippen LogP contribution in [0.5, 0.6) is 11.5 Å². The van der Waals surface area contributed by atoms with Crippen LogP contribution >= 0.6 is 11.6 Å². The monoisotopic (exact) mass is 298 g/mol. The summed E-state index contributed by atoms with van der Waals surface area (Å²) in [6.07, 6.45) is 1.75. The Morgan fingerprint density at radius 3 is 2.52 bits per heavy atom. The summed E-state index contributed by atoms with van der Waals surface area (Å²) in [7, 11) is 0. The Hall–Kier alpha value is -2.26. The van der Waals surface area contributed by atoms with Crippen molar-refractivity contribution in [1.82, 2.24) is 4.98 Å². The Kier molecular flexibility index (Phi) is 3.43. The van der Waals surface area contributed by atoms with Crippen LogP contribution in [0.3, 0.4) is 0 Å². The minimum Gasteiger partial charge on any atom is -0.455 e. The molecule has 2 N–H and O–H groups in total. The summed E-state index contributed by atoms with van der Waals surface area (Å²) in [5, 5.41) is 1.59. The van der Waals surface area contributed by atoms with Gasteiger partial charge in [0.25, 0.3) is 0 Å². The average Bonchev–Trinajstić information content (AvgIpc) is 2.45. The molecule has 21 heavy (non-hydrogen) atoms. The van der Waals surface area contributed by atoms with E-state index in [9.17, 15) is 0 Å². The summed E-state index contributed by atoms with van der Waals surface area (Å²) in [5.41, 5.74) is 9.61. The number of nitrogen functional groups attached to an aromatic ring is 1. The van der Waals surface area contributed by atoms with Crippen molar-refractivity contribution < 1.29 is 4.74 Å². The second-order valence-corrected chi connectivity index (χ2v) is 5.45. The Morgan fingerprint density at radius 2 is 1.81 bits per heavy atom. The van der Waals surface area contributed by atoms with Gasteiger partial charge < -0.3 is 10.5 Å². The highest BCUT2D eigenvalue weighted by Crippen LogP contribution is 2.36. The first kappa shape index (κ1) is 13.7. The van der Waals surface area contributed by atoms with E-state index >= 15 is 0 Å². The van der Waals surface area contributed by atoms with E-state index in [2.05, 4.69) is 4.98 Å². The van der Waals surface area contributed by atoms with Crippen LogP contribution in [0.25, 0.3) is 10.9 Å². The van der Waals surface area contributed by atoms with E-state index in [-0.39, 0.29) is 0 Å². The lowest BCUT2D eigenvalue weighted by atomic mass is 10.1. The number of hydrogen-bond acceptors (Lipinski definition) is 3. The third kappa shape index (κ3) is 2.52. The fourth-order valence-electron chi connectivity index (χ4n) is 2.41. The average molecular weight is 299 g/mol. The number of aromatic nitrogens is 1. The second-order valence-electron chi connectivity index (χ2n) is 5.02. The lowest BCUT2D eigenvalue weighted by molar-refractivity contribution is 0.478. The molecule has 0 saturated heterocycles. The topological polar surface area (TPSA) is 48.1 Å². The fourth-order valence-corrected chi connectivity index (χ4v) is 2.74. The standard InChI is InChI=1S/C17H15ClN2O/c1-10-8-12(18)9-11(2)17(10)21-15-6-5-14-13(16(15)19)4-3-7-20-14/h3-9H,19H2,1-2H3.